The molecule has 0 aliphatic carbocycles. The van der Waals surface area contributed by atoms with Gasteiger partial charge in [0.05, 0.1) is 16.6 Å². The number of nitrogens with one attached hydrogen (secondary N) is 1. The Morgan fingerprint density at radius 3 is 2.34 bits per heavy atom. The van der Waals surface area contributed by atoms with Gasteiger partial charge in [-0.3, -0.25) is 4.79 Å². The molecule has 3 aromatic rings. The van der Waals surface area contributed by atoms with Gasteiger partial charge in [0.25, 0.3) is 5.91 Å². The maximum atomic E-state index is 12.5. The van der Waals surface area contributed by atoms with Crippen molar-refractivity contribution >= 4 is 39.6 Å². The number of para-hydroxylation sites is 1. The van der Waals surface area contributed by atoms with Crippen LogP contribution in [-0.4, -0.2) is 18.5 Å². The van der Waals surface area contributed by atoms with Gasteiger partial charge in [-0.25, -0.2) is 4.79 Å². The summed E-state index contributed by atoms with van der Waals surface area (Å²) in [6.07, 6.45) is 1.44. The van der Waals surface area contributed by atoms with Gasteiger partial charge in [0.1, 0.15) is 11.6 Å². The third-order valence-corrected chi connectivity index (χ3v) is 4.83. The lowest BCUT2D eigenvalue weighted by Crippen LogP contribution is -2.13. The number of anilines is 1. The highest BCUT2D eigenvalue weighted by Crippen LogP contribution is 2.38. The zero-order valence-corrected chi connectivity index (χ0v) is 18.8. The molecule has 0 aliphatic rings. The van der Waals surface area contributed by atoms with Crippen molar-refractivity contribution in [1.82, 2.24) is 0 Å². The molecule has 160 valence electrons. The summed E-state index contributed by atoms with van der Waals surface area (Å²) in [4.78, 5) is 25.0. The Labute approximate surface area is 194 Å². The van der Waals surface area contributed by atoms with Crippen LogP contribution in [0.15, 0.2) is 82.8 Å². The number of ether oxygens (including phenoxy) is 2. The second-order valence-electron chi connectivity index (χ2n) is 6.51. The maximum Gasteiger partial charge on any atom is 0.343 e. The summed E-state index contributed by atoms with van der Waals surface area (Å²) in [7, 11) is 0. The molecule has 1 amide bonds. The molecule has 6 nitrogen and oxygen atoms in total. The van der Waals surface area contributed by atoms with Gasteiger partial charge in [0, 0.05) is 5.69 Å². The van der Waals surface area contributed by atoms with E-state index in [9.17, 15) is 14.9 Å². The minimum Gasteiger partial charge on any atom is -0.490 e. The number of esters is 1. The minimum absolute atomic E-state index is 0.0859. The van der Waals surface area contributed by atoms with Gasteiger partial charge >= 0.3 is 5.97 Å². The minimum atomic E-state index is -0.535. The van der Waals surface area contributed by atoms with E-state index in [1.165, 1.54) is 6.08 Å². The number of nitrogens with zero attached hydrogens (tertiary/aromatic N) is 1. The van der Waals surface area contributed by atoms with Crippen molar-refractivity contribution in [2.45, 2.75) is 6.92 Å². The lowest BCUT2D eigenvalue weighted by molar-refractivity contribution is -0.112. The summed E-state index contributed by atoms with van der Waals surface area (Å²) < 4.78 is 11.6. The highest BCUT2D eigenvalue weighted by atomic mass is 79.9. The van der Waals surface area contributed by atoms with E-state index >= 15 is 0 Å². The van der Waals surface area contributed by atoms with Crippen molar-refractivity contribution in [3.05, 3.63) is 94.0 Å². The first-order valence-electron chi connectivity index (χ1n) is 9.73. The predicted octanol–water partition coefficient (Wildman–Crippen LogP) is 5.61. The van der Waals surface area contributed by atoms with Crippen molar-refractivity contribution < 1.29 is 19.1 Å². The molecule has 0 spiro atoms. The second kappa shape index (κ2) is 10.9. The first-order chi connectivity index (χ1) is 15.5. The molecular formula is C25H19BrN2O4. The normalized spacial score (nSPS) is 10.7. The third kappa shape index (κ3) is 5.84. The van der Waals surface area contributed by atoms with Crippen molar-refractivity contribution in [3.8, 4) is 17.6 Å². The molecule has 1 N–H and O–H groups in total. The second-order valence-corrected chi connectivity index (χ2v) is 7.36. The fourth-order valence-corrected chi connectivity index (χ4v) is 3.33. The molecule has 32 heavy (non-hydrogen) atoms. The smallest absolute Gasteiger partial charge is 0.343 e. The van der Waals surface area contributed by atoms with E-state index in [2.05, 4.69) is 21.2 Å². The van der Waals surface area contributed by atoms with Crippen LogP contribution in [-0.2, 0) is 4.79 Å². The monoisotopic (exact) mass is 490 g/mol. The average molecular weight is 491 g/mol. The molecule has 0 aliphatic heterocycles. The summed E-state index contributed by atoms with van der Waals surface area (Å²) in [5.74, 6) is -0.550. The van der Waals surface area contributed by atoms with Gasteiger partial charge in [-0.2, -0.15) is 5.26 Å². The van der Waals surface area contributed by atoms with E-state index in [1.54, 1.807) is 73.7 Å². The van der Waals surface area contributed by atoms with Crippen molar-refractivity contribution in [2.75, 3.05) is 11.9 Å². The summed E-state index contributed by atoms with van der Waals surface area (Å²) in [5.41, 5.74) is 1.42. The lowest BCUT2D eigenvalue weighted by atomic mass is 10.1. The van der Waals surface area contributed by atoms with E-state index in [1.807, 2.05) is 12.1 Å². The number of amides is 1. The van der Waals surface area contributed by atoms with Gasteiger partial charge < -0.3 is 14.8 Å². The molecule has 0 atom stereocenters. The van der Waals surface area contributed by atoms with Gasteiger partial charge in [-0.1, -0.05) is 36.4 Å². The SMILES string of the molecule is CCOc1cc(/C=C(\C#N)C(=O)Nc2ccccc2)cc(Br)c1OC(=O)c1ccccc1. The first kappa shape index (κ1) is 22.8. The molecule has 0 radical (unpaired) electrons. The standard InChI is InChI=1S/C25H19BrN2O4/c1-2-31-22-15-17(13-19(16-27)24(29)28-20-11-7-4-8-12-20)14-21(26)23(22)32-25(30)18-9-5-3-6-10-18/h3-15H,2H2,1H3,(H,28,29)/b19-13+. The van der Waals surface area contributed by atoms with Crippen LogP contribution in [0.2, 0.25) is 0 Å². The van der Waals surface area contributed by atoms with Gasteiger partial charge in [-0.05, 0) is 70.9 Å². The maximum absolute atomic E-state index is 12.5. The number of rotatable bonds is 7. The average Bonchev–Trinajstić information content (AvgIpc) is 2.81. The van der Waals surface area contributed by atoms with Crippen LogP contribution in [0, 0.1) is 11.3 Å². The molecule has 0 aromatic heterocycles. The number of nitriles is 1. The Balaban J connectivity index is 1.89. The van der Waals surface area contributed by atoms with Crippen LogP contribution in [0.4, 0.5) is 5.69 Å². The van der Waals surface area contributed by atoms with Gasteiger partial charge in [0.15, 0.2) is 11.5 Å². The number of hydrogen-bond donors (Lipinski definition) is 1. The third-order valence-electron chi connectivity index (χ3n) is 4.24. The topological polar surface area (TPSA) is 88.4 Å². The van der Waals surface area contributed by atoms with E-state index < -0.39 is 11.9 Å². The van der Waals surface area contributed by atoms with E-state index in [4.69, 9.17) is 9.47 Å². The Kier molecular flexibility index (Phi) is 7.79. The van der Waals surface area contributed by atoms with Crippen LogP contribution in [0.1, 0.15) is 22.8 Å². The molecule has 3 aromatic carbocycles. The molecule has 3 rings (SSSR count). The van der Waals surface area contributed by atoms with E-state index in [0.29, 0.717) is 33.6 Å². The first-order valence-corrected chi connectivity index (χ1v) is 10.5. The molecular weight excluding hydrogens is 472 g/mol. The Morgan fingerprint density at radius 2 is 1.72 bits per heavy atom. The van der Waals surface area contributed by atoms with Crippen LogP contribution in [0.3, 0.4) is 0 Å². The lowest BCUT2D eigenvalue weighted by Gasteiger charge is -2.14. The zero-order valence-electron chi connectivity index (χ0n) is 17.2. The van der Waals surface area contributed by atoms with Crippen LogP contribution >= 0.6 is 15.9 Å². The quantitative estimate of drug-likeness (QED) is 0.201. The highest BCUT2D eigenvalue weighted by Gasteiger charge is 2.18. The number of halogens is 1. The van der Waals surface area contributed by atoms with Crippen LogP contribution in [0.25, 0.3) is 6.08 Å². The highest BCUT2D eigenvalue weighted by molar-refractivity contribution is 9.10. The molecule has 0 fully saturated rings. The number of carbonyl (C=O) groups excluding carboxylic acids is 2. The predicted molar refractivity (Wildman–Crippen MR) is 125 cm³/mol. The molecule has 7 heteroatoms. The van der Waals surface area contributed by atoms with Gasteiger partial charge in [0.2, 0.25) is 0 Å². The van der Waals surface area contributed by atoms with Crippen molar-refractivity contribution in [2.24, 2.45) is 0 Å². The molecule has 0 bridgehead atoms. The summed E-state index contributed by atoms with van der Waals surface area (Å²) in [5, 5.41) is 12.2. The van der Waals surface area contributed by atoms with Crippen molar-refractivity contribution in [1.29, 1.82) is 5.26 Å². The fourth-order valence-electron chi connectivity index (χ4n) is 2.79. The number of carbonyl (C=O) groups is 2. The van der Waals surface area contributed by atoms with E-state index in [0.717, 1.165) is 0 Å². The Hall–Kier alpha value is -3.89. The molecule has 0 unspecified atom stereocenters. The fraction of sp³-hybridized carbons (Fsp3) is 0.0800. The number of benzene rings is 3. The van der Waals surface area contributed by atoms with Gasteiger partial charge in [-0.15, -0.1) is 0 Å². The summed E-state index contributed by atoms with van der Waals surface area (Å²) in [6.45, 7) is 2.13. The van der Waals surface area contributed by atoms with E-state index in [-0.39, 0.29) is 11.3 Å². The summed E-state index contributed by atoms with van der Waals surface area (Å²) >= 11 is 3.40. The largest absolute Gasteiger partial charge is 0.490 e. The number of hydrogen-bond acceptors (Lipinski definition) is 5. The molecule has 0 saturated heterocycles. The van der Waals surface area contributed by atoms with Crippen molar-refractivity contribution in [3.63, 3.8) is 0 Å². The molecule has 0 saturated carbocycles. The zero-order chi connectivity index (χ0) is 22.9. The summed E-state index contributed by atoms with van der Waals surface area (Å²) in [6, 6.07) is 22.6. The van der Waals surface area contributed by atoms with Crippen LogP contribution in [0.5, 0.6) is 11.5 Å². The Morgan fingerprint density at radius 1 is 1.06 bits per heavy atom. The Bertz CT molecular complexity index is 1190. The van der Waals surface area contributed by atoms with Crippen LogP contribution < -0.4 is 14.8 Å². The molecule has 0 heterocycles.